The molecule has 2 aliphatic heterocycles. The van der Waals surface area contributed by atoms with Gasteiger partial charge in [0.1, 0.15) is 23.2 Å². The van der Waals surface area contributed by atoms with Crippen molar-refractivity contribution in [2.24, 2.45) is 0 Å². The summed E-state index contributed by atoms with van der Waals surface area (Å²) in [5.41, 5.74) is -0.149. The SMILES string of the molecule is Cc1cc(F)c(N2C(=O)[C@H]3C[C@H](F)CN3C2=O)cc1NS(=O)(=O)CCl. The van der Waals surface area contributed by atoms with Gasteiger partial charge in [0.05, 0.1) is 17.9 Å². The average Bonchev–Trinajstić information content (AvgIpc) is 3.01. The molecule has 11 heteroatoms. The molecule has 2 aliphatic rings. The fourth-order valence-electron chi connectivity index (χ4n) is 2.96. The van der Waals surface area contributed by atoms with Gasteiger partial charge in [0, 0.05) is 6.42 Å². The monoisotopic (exact) mass is 393 g/mol. The molecule has 0 radical (unpaired) electrons. The summed E-state index contributed by atoms with van der Waals surface area (Å²) in [5, 5.41) is -0.714. The number of fused-ring (bicyclic) bond motifs is 1. The first-order valence-corrected chi connectivity index (χ1v) is 9.48. The number of sulfonamides is 1. The molecule has 0 bridgehead atoms. The number of carbonyl (C=O) groups is 2. The highest BCUT2D eigenvalue weighted by atomic mass is 35.5. The van der Waals surface area contributed by atoms with Gasteiger partial charge in [-0.1, -0.05) is 0 Å². The number of urea groups is 1. The van der Waals surface area contributed by atoms with Gasteiger partial charge in [-0.3, -0.25) is 9.52 Å². The summed E-state index contributed by atoms with van der Waals surface area (Å²) < 4.78 is 53.2. The van der Waals surface area contributed by atoms with E-state index >= 15 is 0 Å². The summed E-state index contributed by atoms with van der Waals surface area (Å²) in [6.45, 7) is 1.23. The fraction of sp³-hybridized carbons (Fsp3) is 0.429. The van der Waals surface area contributed by atoms with E-state index < -0.39 is 50.9 Å². The maximum atomic E-state index is 14.4. The van der Waals surface area contributed by atoms with Crippen molar-refractivity contribution in [1.29, 1.82) is 0 Å². The van der Waals surface area contributed by atoms with Crippen molar-refractivity contribution in [3.8, 4) is 0 Å². The Labute approximate surface area is 147 Å². The second-order valence-electron chi connectivity index (χ2n) is 5.90. The zero-order chi connectivity index (χ0) is 18.5. The number of imide groups is 1. The van der Waals surface area contributed by atoms with Crippen molar-refractivity contribution in [2.75, 3.05) is 21.4 Å². The largest absolute Gasteiger partial charge is 0.332 e. The number of nitrogens with one attached hydrogen (secondary N) is 1. The van der Waals surface area contributed by atoms with Crippen LogP contribution in [-0.4, -0.2) is 49.2 Å². The summed E-state index contributed by atoms with van der Waals surface area (Å²) in [5.74, 6) is -1.61. The van der Waals surface area contributed by atoms with Gasteiger partial charge < -0.3 is 4.90 Å². The lowest BCUT2D eigenvalue weighted by Crippen LogP contribution is -2.35. The number of hydrogen-bond acceptors (Lipinski definition) is 4. The van der Waals surface area contributed by atoms with E-state index in [2.05, 4.69) is 4.72 Å². The smallest absolute Gasteiger partial charge is 0.309 e. The number of anilines is 2. The average molecular weight is 394 g/mol. The third kappa shape index (κ3) is 3.04. The van der Waals surface area contributed by atoms with E-state index in [1.54, 1.807) is 0 Å². The minimum Gasteiger partial charge on any atom is -0.309 e. The van der Waals surface area contributed by atoms with Crippen molar-refractivity contribution < 1.29 is 26.8 Å². The number of aryl methyl sites for hydroxylation is 1. The fourth-order valence-corrected chi connectivity index (χ4v) is 3.73. The molecule has 136 valence electrons. The molecule has 3 amide bonds. The number of halogens is 3. The van der Waals surface area contributed by atoms with Gasteiger partial charge in [-0.25, -0.2) is 26.9 Å². The van der Waals surface area contributed by atoms with Gasteiger partial charge in [0.2, 0.25) is 10.0 Å². The lowest BCUT2D eigenvalue weighted by atomic mass is 10.1. The van der Waals surface area contributed by atoms with E-state index in [1.165, 1.54) is 6.92 Å². The zero-order valence-corrected chi connectivity index (χ0v) is 14.6. The van der Waals surface area contributed by atoms with Crippen molar-refractivity contribution in [2.45, 2.75) is 25.6 Å². The molecule has 0 saturated carbocycles. The predicted molar refractivity (Wildman–Crippen MR) is 87.3 cm³/mol. The maximum absolute atomic E-state index is 14.4. The topological polar surface area (TPSA) is 86.8 Å². The maximum Gasteiger partial charge on any atom is 0.332 e. The predicted octanol–water partition coefficient (Wildman–Crippen LogP) is 1.95. The second kappa shape index (κ2) is 6.10. The van der Waals surface area contributed by atoms with E-state index in [-0.39, 0.29) is 24.2 Å². The van der Waals surface area contributed by atoms with Crippen LogP contribution >= 0.6 is 11.6 Å². The van der Waals surface area contributed by atoms with Gasteiger partial charge in [0.15, 0.2) is 0 Å². The Morgan fingerprint density at radius 1 is 1.36 bits per heavy atom. The van der Waals surface area contributed by atoms with E-state index in [0.717, 1.165) is 17.0 Å². The Kier molecular flexibility index (Phi) is 4.36. The Balaban J connectivity index is 2.00. The molecule has 2 heterocycles. The molecule has 25 heavy (non-hydrogen) atoms. The number of nitrogens with zero attached hydrogens (tertiary/aromatic N) is 2. The van der Waals surface area contributed by atoms with Crippen molar-refractivity contribution in [3.05, 3.63) is 23.5 Å². The van der Waals surface area contributed by atoms with Crippen LogP contribution in [0.2, 0.25) is 0 Å². The zero-order valence-electron chi connectivity index (χ0n) is 13.0. The first-order valence-electron chi connectivity index (χ1n) is 7.30. The van der Waals surface area contributed by atoms with Crippen molar-refractivity contribution in [3.63, 3.8) is 0 Å². The Morgan fingerprint density at radius 2 is 2.04 bits per heavy atom. The van der Waals surface area contributed by atoms with Crippen LogP contribution < -0.4 is 9.62 Å². The van der Waals surface area contributed by atoms with E-state index in [4.69, 9.17) is 11.6 Å². The van der Waals surface area contributed by atoms with Crippen LogP contribution in [0.25, 0.3) is 0 Å². The standard InChI is InChI=1S/C14H14ClF2N3O4S/c1-7-2-9(17)11(4-10(7)18-25(23,24)6-15)20-13(21)12-3-8(16)5-19(12)14(20)22/h2,4,8,12,18H,3,5-6H2,1H3/t8-,12+/m0/s1. The van der Waals surface area contributed by atoms with Crippen LogP contribution in [0, 0.1) is 12.7 Å². The third-order valence-electron chi connectivity index (χ3n) is 4.14. The molecule has 0 unspecified atom stereocenters. The van der Waals surface area contributed by atoms with Crippen molar-refractivity contribution in [1.82, 2.24) is 4.90 Å². The highest BCUT2D eigenvalue weighted by Gasteiger charge is 2.52. The van der Waals surface area contributed by atoms with Crippen LogP contribution in [0.4, 0.5) is 25.0 Å². The molecule has 0 spiro atoms. The highest BCUT2D eigenvalue weighted by molar-refractivity contribution is 7.93. The Morgan fingerprint density at radius 3 is 2.64 bits per heavy atom. The van der Waals surface area contributed by atoms with Crippen LogP contribution in [0.3, 0.4) is 0 Å². The summed E-state index contributed by atoms with van der Waals surface area (Å²) in [6, 6.07) is 0.262. The van der Waals surface area contributed by atoms with Crippen LogP contribution in [-0.2, 0) is 14.8 Å². The summed E-state index contributed by atoms with van der Waals surface area (Å²) in [6.07, 6.45) is -1.44. The number of amides is 3. The molecule has 1 N–H and O–H groups in total. The number of carbonyl (C=O) groups excluding carboxylic acids is 2. The second-order valence-corrected chi connectivity index (χ2v) is 8.21. The van der Waals surface area contributed by atoms with E-state index in [9.17, 15) is 26.8 Å². The van der Waals surface area contributed by atoms with Gasteiger partial charge >= 0.3 is 6.03 Å². The van der Waals surface area contributed by atoms with Crippen LogP contribution in [0.1, 0.15) is 12.0 Å². The molecule has 3 rings (SSSR count). The van der Waals surface area contributed by atoms with E-state index in [0.29, 0.717) is 4.90 Å². The molecule has 2 saturated heterocycles. The molecular weight excluding hydrogens is 380 g/mol. The third-order valence-corrected chi connectivity index (χ3v) is 5.82. The molecule has 1 aromatic carbocycles. The molecule has 7 nitrogen and oxygen atoms in total. The summed E-state index contributed by atoms with van der Waals surface area (Å²) in [7, 11) is -3.85. The van der Waals surface area contributed by atoms with Crippen molar-refractivity contribution >= 4 is 44.9 Å². The first-order chi connectivity index (χ1) is 11.6. The summed E-state index contributed by atoms with van der Waals surface area (Å²) >= 11 is 5.33. The Hall–Kier alpha value is -1.94. The van der Waals surface area contributed by atoms with Gasteiger partial charge in [0.25, 0.3) is 5.91 Å². The van der Waals surface area contributed by atoms with Gasteiger partial charge in [-0.15, -0.1) is 11.6 Å². The minimum absolute atomic E-state index is 0.00641. The highest BCUT2D eigenvalue weighted by Crippen LogP contribution is 2.36. The Bertz CT molecular complexity index is 840. The van der Waals surface area contributed by atoms with Crippen LogP contribution in [0.15, 0.2) is 12.1 Å². The molecule has 2 fully saturated rings. The molecular formula is C14H14ClF2N3O4S. The molecule has 0 aliphatic carbocycles. The number of hydrogen-bond donors (Lipinski definition) is 1. The lowest BCUT2D eigenvalue weighted by Gasteiger charge is -2.19. The summed E-state index contributed by atoms with van der Waals surface area (Å²) in [4.78, 5) is 26.4. The molecule has 0 aromatic heterocycles. The molecule has 2 atom stereocenters. The van der Waals surface area contributed by atoms with E-state index in [1.807, 2.05) is 0 Å². The van der Waals surface area contributed by atoms with Gasteiger partial charge in [-0.05, 0) is 24.6 Å². The lowest BCUT2D eigenvalue weighted by molar-refractivity contribution is -0.119. The normalized spacial score (nSPS) is 23.4. The molecule has 1 aromatic rings. The number of alkyl halides is 2. The number of rotatable bonds is 4. The first kappa shape index (κ1) is 17.9. The van der Waals surface area contributed by atoms with Gasteiger partial charge in [-0.2, -0.15) is 0 Å². The van der Waals surface area contributed by atoms with Crippen LogP contribution in [0.5, 0.6) is 0 Å². The number of benzene rings is 1. The minimum atomic E-state index is -3.85. The quantitative estimate of drug-likeness (QED) is 0.625.